The number of oxazole rings is 1. The number of nitrogens with zero attached hydrogens (tertiary/aromatic N) is 2. The zero-order chi connectivity index (χ0) is 20.6. The molecule has 7 heteroatoms. The van der Waals surface area contributed by atoms with Crippen LogP contribution in [0, 0.1) is 6.92 Å². The van der Waals surface area contributed by atoms with Crippen LogP contribution in [0.15, 0.2) is 59.0 Å². The highest BCUT2D eigenvalue weighted by molar-refractivity contribution is 5.71. The number of aryl methyl sites for hydroxylation is 1. The van der Waals surface area contributed by atoms with Crippen LogP contribution < -0.4 is 4.74 Å². The van der Waals surface area contributed by atoms with E-state index in [4.69, 9.17) is 14.3 Å². The van der Waals surface area contributed by atoms with Gasteiger partial charge < -0.3 is 19.2 Å². The summed E-state index contributed by atoms with van der Waals surface area (Å²) < 4.78 is 11.6. The second-order valence-electron chi connectivity index (χ2n) is 6.54. The van der Waals surface area contributed by atoms with Gasteiger partial charge in [0.05, 0.1) is 12.3 Å². The number of benzene rings is 2. The van der Waals surface area contributed by atoms with E-state index in [1.54, 1.807) is 6.07 Å². The minimum Gasteiger partial charge on any atom is -0.493 e. The molecular weight excluding hydrogens is 372 g/mol. The van der Waals surface area contributed by atoms with Crippen molar-refractivity contribution in [1.29, 1.82) is 0 Å². The summed E-state index contributed by atoms with van der Waals surface area (Å²) in [6, 6.07) is 17.0. The molecule has 0 aliphatic rings. The highest BCUT2D eigenvalue weighted by Crippen LogP contribution is 2.22. The molecule has 150 valence electrons. The van der Waals surface area contributed by atoms with Gasteiger partial charge in [-0.1, -0.05) is 30.3 Å². The van der Waals surface area contributed by atoms with Crippen molar-refractivity contribution in [2.45, 2.75) is 19.9 Å². The van der Waals surface area contributed by atoms with E-state index in [2.05, 4.69) is 4.98 Å². The lowest BCUT2D eigenvalue weighted by molar-refractivity contribution is -0.141. The van der Waals surface area contributed by atoms with Gasteiger partial charge in [-0.3, -0.25) is 9.59 Å². The van der Waals surface area contributed by atoms with Gasteiger partial charge in [0, 0.05) is 18.5 Å². The molecule has 3 rings (SSSR count). The fourth-order valence-corrected chi connectivity index (χ4v) is 2.90. The number of carbonyl (C=O) groups is 2. The van der Waals surface area contributed by atoms with Gasteiger partial charge in [0.25, 0.3) is 0 Å². The lowest BCUT2D eigenvalue weighted by atomic mass is 10.2. The highest BCUT2D eigenvalue weighted by atomic mass is 16.5. The van der Waals surface area contributed by atoms with E-state index in [-0.39, 0.29) is 13.1 Å². The molecule has 0 bridgehead atoms. The number of aromatic nitrogens is 1. The van der Waals surface area contributed by atoms with Crippen molar-refractivity contribution < 1.29 is 23.8 Å². The number of carboxylic acid groups (broad SMARTS) is 1. The van der Waals surface area contributed by atoms with Gasteiger partial charge in [-0.15, -0.1) is 0 Å². The summed E-state index contributed by atoms with van der Waals surface area (Å²) in [5, 5.41) is 8.83. The standard InChI is InChI=1S/C22H22N2O5/c1-16-20(23-22(29-16)18-7-3-2-4-8-18)10-11-28-19-9-5-6-17(12-19)13-24(15-25)14-21(26)27/h2-9,12,15H,10-11,13-14H2,1H3,(H,26,27). The summed E-state index contributed by atoms with van der Waals surface area (Å²) in [6.07, 6.45) is 1.12. The number of rotatable bonds is 10. The van der Waals surface area contributed by atoms with E-state index in [9.17, 15) is 9.59 Å². The topological polar surface area (TPSA) is 92.9 Å². The summed E-state index contributed by atoms with van der Waals surface area (Å²) >= 11 is 0. The lowest BCUT2D eigenvalue weighted by Gasteiger charge is -2.15. The van der Waals surface area contributed by atoms with Crippen molar-refractivity contribution in [3.63, 3.8) is 0 Å². The van der Waals surface area contributed by atoms with Crippen LogP contribution in [0.1, 0.15) is 17.0 Å². The fraction of sp³-hybridized carbons (Fsp3) is 0.227. The molecule has 0 aliphatic carbocycles. The Morgan fingerprint density at radius 2 is 2.00 bits per heavy atom. The summed E-state index contributed by atoms with van der Waals surface area (Å²) in [5.41, 5.74) is 2.56. The van der Waals surface area contributed by atoms with Crippen LogP contribution in [0.2, 0.25) is 0 Å². The Morgan fingerprint density at radius 1 is 1.21 bits per heavy atom. The van der Waals surface area contributed by atoms with Gasteiger partial charge in [-0.05, 0) is 36.8 Å². The molecule has 0 spiro atoms. The molecule has 3 aromatic rings. The zero-order valence-electron chi connectivity index (χ0n) is 16.1. The maximum Gasteiger partial charge on any atom is 0.323 e. The van der Waals surface area contributed by atoms with Crippen molar-refractivity contribution >= 4 is 12.4 Å². The number of hydrogen-bond acceptors (Lipinski definition) is 5. The number of carbonyl (C=O) groups excluding carboxylic acids is 1. The van der Waals surface area contributed by atoms with Gasteiger partial charge in [-0.2, -0.15) is 0 Å². The van der Waals surface area contributed by atoms with Crippen molar-refractivity contribution in [2.24, 2.45) is 0 Å². The molecule has 7 nitrogen and oxygen atoms in total. The smallest absolute Gasteiger partial charge is 0.323 e. The molecule has 1 heterocycles. The molecular formula is C22H22N2O5. The molecule has 0 saturated carbocycles. The first-order chi connectivity index (χ1) is 14.0. The molecule has 0 aliphatic heterocycles. The van der Waals surface area contributed by atoms with E-state index in [1.165, 1.54) is 4.90 Å². The van der Waals surface area contributed by atoms with Gasteiger partial charge in [-0.25, -0.2) is 4.98 Å². The fourth-order valence-electron chi connectivity index (χ4n) is 2.90. The van der Waals surface area contributed by atoms with Gasteiger partial charge in [0.15, 0.2) is 0 Å². The summed E-state index contributed by atoms with van der Waals surface area (Å²) in [4.78, 5) is 27.5. The molecule has 0 saturated heterocycles. The Hall–Kier alpha value is -3.61. The van der Waals surface area contributed by atoms with Gasteiger partial charge in [0.2, 0.25) is 12.3 Å². The second kappa shape index (κ2) is 9.54. The summed E-state index contributed by atoms with van der Waals surface area (Å²) in [6.45, 7) is 2.16. The SMILES string of the molecule is Cc1oc(-c2ccccc2)nc1CCOc1cccc(CN(C=O)CC(=O)O)c1. The second-order valence-corrected chi connectivity index (χ2v) is 6.54. The van der Waals surface area contributed by atoms with Crippen LogP contribution in [0.25, 0.3) is 11.5 Å². The number of carboxylic acids is 1. The van der Waals surface area contributed by atoms with E-state index in [0.717, 1.165) is 22.6 Å². The highest BCUT2D eigenvalue weighted by Gasteiger charge is 2.12. The zero-order valence-corrected chi connectivity index (χ0v) is 16.1. The number of amides is 1. The van der Waals surface area contributed by atoms with Crippen molar-refractivity contribution in [2.75, 3.05) is 13.2 Å². The molecule has 1 N–H and O–H groups in total. The van der Waals surface area contributed by atoms with Gasteiger partial charge >= 0.3 is 5.97 Å². The number of ether oxygens (including phenoxy) is 1. The van der Waals surface area contributed by atoms with Crippen LogP contribution in [0.3, 0.4) is 0 Å². The molecule has 1 amide bonds. The Labute approximate surface area is 168 Å². The van der Waals surface area contributed by atoms with Crippen LogP contribution in [-0.4, -0.2) is 40.5 Å². The average Bonchev–Trinajstić information content (AvgIpc) is 3.09. The molecule has 29 heavy (non-hydrogen) atoms. The number of aliphatic carboxylic acids is 1. The maximum atomic E-state index is 11.0. The van der Waals surface area contributed by atoms with Crippen LogP contribution >= 0.6 is 0 Å². The quantitative estimate of drug-likeness (QED) is 0.530. The van der Waals surface area contributed by atoms with E-state index >= 15 is 0 Å². The Balaban J connectivity index is 1.58. The Kier molecular flexibility index (Phi) is 6.63. The minimum absolute atomic E-state index is 0.204. The normalized spacial score (nSPS) is 10.5. The third-order valence-corrected chi connectivity index (χ3v) is 4.29. The first-order valence-electron chi connectivity index (χ1n) is 9.20. The van der Waals surface area contributed by atoms with E-state index < -0.39 is 5.97 Å². The Morgan fingerprint density at radius 3 is 2.72 bits per heavy atom. The molecule has 2 aromatic carbocycles. The third kappa shape index (κ3) is 5.68. The van der Waals surface area contributed by atoms with Crippen molar-refractivity contribution in [1.82, 2.24) is 9.88 Å². The lowest BCUT2D eigenvalue weighted by Crippen LogP contribution is -2.27. The van der Waals surface area contributed by atoms with Crippen LogP contribution in [0.5, 0.6) is 5.75 Å². The van der Waals surface area contributed by atoms with Crippen LogP contribution in [-0.2, 0) is 22.6 Å². The minimum atomic E-state index is -1.05. The summed E-state index contributed by atoms with van der Waals surface area (Å²) in [5.74, 6) is 0.944. The monoisotopic (exact) mass is 394 g/mol. The molecule has 1 aromatic heterocycles. The average molecular weight is 394 g/mol. The predicted octanol–water partition coefficient (Wildman–Crippen LogP) is 3.31. The molecule has 0 fully saturated rings. The predicted molar refractivity (Wildman–Crippen MR) is 106 cm³/mol. The van der Waals surface area contributed by atoms with Crippen molar-refractivity contribution in [3.8, 4) is 17.2 Å². The molecule has 0 atom stereocenters. The summed E-state index contributed by atoms with van der Waals surface area (Å²) in [7, 11) is 0. The number of hydrogen-bond donors (Lipinski definition) is 1. The molecule has 0 unspecified atom stereocenters. The van der Waals surface area contributed by atoms with E-state index in [1.807, 2.05) is 55.5 Å². The van der Waals surface area contributed by atoms with Gasteiger partial charge in [0.1, 0.15) is 18.1 Å². The maximum absolute atomic E-state index is 11.0. The van der Waals surface area contributed by atoms with E-state index in [0.29, 0.717) is 31.1 Å². The van der Waals surface area contributed by atoms with Crippen LogP contribution in [0.4, 0.5) is 0 Å². The third-order valence-electron chi connectivity index (χ3n) is 4.29. The first kappa shape index (κ1) is 20.1. The largest absolute Gasteiger partial charge is 0.493 e. The molecule has 0 radical (unpaired) electrons. The first-order valence-corrected chi connectivity index (χ1v) is 9.20. The van der Waals surface area contributed by atoms with Crippen molar-refractivity contribution in [3.05, 3.63) is 71.6 Å². The Bertz CT molecular complexity index is 968.